The molecule has 2 nitrogen and oxygen atoms in total. The van der Waals surface area contributed by atoms with E-state index in [9.17, 15) is 0 Å². The van der Waals surface area contributed by atoms with Crippen LogP contribution in [-0.2, 0) is 6.42 Å². The Hall–Kier alpha value is -1.36. The topological polar surface area (TPSA) is 36.7 Å². The largest absolute Gasteiger partial charge is 0.246 e. The maximum Gasteiger partial charge on any atom is 0.140 e. The van der Waals surface area contributed by atoms with E-state index in [0.29, 0.717) is 5.69 Å². The van der Waals surface area contributed by atoms with E-state index in [4.69, 9.17) is 5.26 Å². The molecule has 0 saturated carbocycles. The van der Waals surface area contributed by atoms with Crippen LogP contribution in [-0.4, -0.2) is 4.98 Å². The molecule has 0 bridgehead atoms. The average Bonchev–Trinajstić information content (AvgIpc) is 2.46. The number of rotatable bonds is 10. The van der Waals surface area contributed by atoms with Crippen LogP contribution in [0.3, 0.4) is 0 Å². The lowest BCUT2D eigenvalue weighted by molar-refractivity contribution is 0.565. The summed E-state index contributed by atoms with van der Waals surface area (Å²) in [6.07, 6.45) is 15.0. The summed E-state index contributed by atoms with van der Waals surface area (Å²) in [5.41, 5.74) is 1.78. The fourth-order valence-electron chi connectivity index (χ4n) is 2.33. The molecule has 0 aliphatic rings. The summed E-state index contributed by atoms with van der Waals surface area (Å²) in [5.74, 6) is 0. The van der Waals surface area contributed by atoms with E-state index < -0.39 is 0 Å². The lowest BCUT2D eigenvalue weighted by Gasteiger charge is -2.03. The Kier molecular flexibility index (Phi) is 8.72. The van der Waals surface area contributed by atoms with E-state index in [1.165, 1.54) is 63.4 Å². The van der Waals surface area contributed by atoms with Gasteiger partial charge in [0.1, 0.15) is 11.8 Å². The summed E-state index contributed by atoms with van der Waals surface area (Å²) < 4.78 is 0. The summed E-state index contributed by atoms with van der Waals surface area (Å²) in [4.78, 5) is 3.99. The van der Waals surface area contributed by atoms with Gasteiger partial charge < -0.3 is 0 Å². The minimum absolute atomic E-state index is 0.536. The zero-order valence-corrected chi connectivity index (χ0v) is 12.2. The van der Waals surface area contributed by atoms with Crippen LogP contribution >= 0.6 is 0 Å². The predicted octanol–water partition coefficient (Wildman–Crippen LogP) is 5.03. The Morgan fingerprint density at radius 3 is 2.26 bits per heavy atom. The summed E-state index contributed by atoms with van der Waals surface area (Å²) in [6.45, 7) is 2.26. The van der Waals surface area contributed by atoms with Crippen molar-refractivity contribution in [2.24, 2.45) is 0 Å². The van der Waals surface area contributed by atoms with Crippen LogP contribution in [0.2, 0.25) is 0 Å². The minimum Gasteiger partial charge on any atom is -0.246 e. The smallest absolute Gasteiger partial charge is 0.140 e. The van der Waals surface area contributed by atoms with Crippen LogP contribution in [0.4, 0.5) is 0 Å². The Morgan fingerprint density at radius 2 is 1.63 bits per heavy atom. The molecule has 1 rings (SSSR count). The van der Waals surface area contributed by atoms with Crippen LogP contribution in [0, 0.1) is 11.3 Å². The second-order valence-corrected chi connectivity index (χ2v) is 5.24. The molecule has 0 aliphatic heterocycles. The van der Waals surface area contributed by atoms with E-state index in [2.05, 4.69) is 18.0 Å². The first kappa shape index (κ1) is 15.7. The Labute approximate surface area is 117 Å². The van der Waals surface area contributed by atoms with Gasteiger partial charge in [0, 0.05) is 6.20 Å². The number of hydrogen-bond donors (Lipinski definition) is 0. The van der Waals surface area contributed by atoms with Crippen molar-refractivity contribution in [1.82, 2.24) is 4.98 Å². The summed E-state index contributed by atoms with van der Waals surface area (Å²) in [5, 5.41) is 8.78. The Balaban J connectivity index is 2.00. The molecule has 19 heavy (non-hydrogen) atoms. The molecule has 0 fully saturated rings. The van der Waals surface area contributed by atoms with Gasteiger partial charge in [0.05, 0.1) is 0 Å². The molecule has 104 valence electrons. The van der Waals surface area contributed by atoms with Gasteiger partial charge in [0.25, 0.3) is 0 Å². The Bertz CT molecular complexity index is 379. The van der Waals surface area contributed by atoms with E-state index in [1.54, 1.807) is 6.20 Å². The Morgan fingerprint density at radius 1 is 1.00 bits per heavy atom. The van der Waals surface area contributed by atoms with E-state index in [-0.39, 0.29) is 0 Å². The van der Waals surface area contributed by atoms with Crippen molar-refractivity contribution in [1.29, 1.82) is 5.26 Å². The highest BCUT2D eigenvalue weighted by Crippen LogP contribution is 2.12. The van der Waals surface area contributed by atoms with Gasteiger partial charge in [0.2, 0.25) is 0 Å². The van der Waals surface area contributed by atoms with Crippen molar-refractivity contribution in [2.45, 2.75) is 71.1 Å². The molecule has 2 heteroatoms. The molecule has 1 aromatic rings. The van der Waals surface area contributed by atoms with E-state index in [0.717, 1.165) is 6.42 Å². The molecule has 0 amide bonds. The number of nitrogens with zero attached hydrogens (tertiary/aromatic N) is 2. The molecule has 0 aliphatic carbocycles. The van der Waals surface area contributed by atoms with Crippen molar-refractivity contribution in [3.05, 3.63) is 29.6 Å². The van der Waals surface area contributed by atoms with Crippen molar-refractivity contribution in [3.63, 3.8) is 0 Å². The van der Waals surface area contributed by atoms with E-state index in [1.807, 2.05) is 12.1 Å². The first-order valence-electron chi connectivity index (χ1n) is 7.72. The van der Waals surface area contributed by atoms with Crippen molar-refractivity contribution >= 4 is 0 Å². The van der Waals surface area contributed by atoms with Gasteiger partial charge in [-0.2, -0.15) is 5.26 Å². The number of aryl methyl sites for hydroxylation is 1. The molecule has 1 aromatic heterocycles. The second kappa shape index (κ2) is 10.6. The normalized spacial score (nSPS) is 10.3. The van der Waals surface area contributed by atoms with Crippen LogP contribution in [0.25, 0.3) is 0 Å². The van der Waals surface area contributed by atoms with Gasteiger partial charge in [-0.05, 0) is 30.5 Å². The molecule has 0 atom stereocenters. The maximum absolute atomic E-state index is 8.78. The van der Waals surface area contributed by atoms with Crippen molar-refractivity contribution in [2.75, 3.05) is 0 Å². The van der Waals surface area contributed by atoms with Gasteiger partial charge >= 0.3 is 0 Å². The molecule has 0 saturated heterocycles. The van der Waals surface area contributed by atoms with Gasteiger partial charge in [-0.3, -0.25) is 0 Å². The summed E-state index contributed by atoms with van der Waals surface area (Å²) in [6, 6.07) is 6.02. The molecular formula is C17H26N2. The number of aromatic nitrogens is 1. The molecule has 0 aromatic carbocycles. The van der Waals surface area contributed by atoms with Gasteiger partial charge in [-0.1, -0.05) is 58.3 Å². The third-order valence-electron chi connectivity index (χ3n) is 3.51. The zero-order chi connectivity index (χ0) is 13.8. The quantitative estimate of drug-likeness (QED) is 0.552. The first-order chi connectivity index (χ1) is 9.36. The highest BCUT2D eigenvalue weighted by Gasteiger charge is 1.97. The second-order valence-electron chi connectivity index (χ2n) is 5.24. The van der Waals surface area contributed by atoms with Gasteiger partial charge in [-0.25, -0.2) is 4.98 Å². The molecule has 1 heterocycles. The first-order valence-corrected chi connectivity index (χ1v) is 7.72. The number of unbranched alkanes of at least 4 members (excludes halogenated alkanes) is 8. The number of pyridine rings is 1. The third kappa shape index (κ3) is 7.62. The monoisotopic (exact) mass is 258 g/mol. The maximum atomic E-state index is 8.78. The van der Waals surface area contributed by atoms with Crippen molar-refractivity contribution in [3.8, 4) is 6.07 Å². The SMILES string of the molecule is CCCCCCCCCCCc1ccnc(C#N)c1. The summed E-state index contributed by atoms with van der Waals surface area (Å²) in [7, 11) is 0. The zero-order valence-electron chi connectivity index (χ0n) is 12.2. The average molecular weight is 258 g/mol. The predicted molar refractivity (Wildman–Crippen MR) is 79.9 cm³/mol. The number of hydrogen-bond acceptors (Lipinski definition) is 2. The fraction of sp³-hybridized carbons (Fsp3) is 0.647. The van der Waals surface area contributed by atoms with Gasteiger partial charge in [0.15, 0.2) is 0 Å². The third-order valence-corrected chi connectivity index (χ3v) is 3.51. The fourth-order valence-corrected chi connectivity index (χ4v) is 2.33. The molecule has 0 radical (unpaired) electrons. The standard InChI is InChI=1S/C17H26N2/c1-2-3-4-5-6-7-8-9-10-11-16-12-13-19-17(14-16)15-18/h12-14H,2-11H2,1H3. The van der Waals surface area contributed by atoms with Crippen LogP contribution in [0.15, 0.2) is 18.3 Å². The minimum atomic E-state index is 0.536. The highest BCUT2D eigenvalue weighted by atomic mass is 14.7. The lowest BCUT2D eigenvalue weighted by atomic mass is 10.0. The number of nitriles is 1. The molecule has 0 N–H and O–H groups in total. The van der Waals surface area contributed by atoms with Crippen molar-refractivity contribution < 1.29 is 0 Å². The summed E-state index contributed by atoms with van der Waals surface area (Å²) >= 11 is 0. The molecular weight excluding hydrogens is 232 g/mol. The molecule has 0 unspecified atom stereocenters. The van der Waals surface area contributed by atoms with Crippen LogP contribution in [0.5, 0.6) is 0 Å². The van der Waals surface area contributed by atoms with Gasteiger partial charge in [-0.15, -0.1) is 0 Å². The van der Waals surface area contributed by atoms with Crippen LogP contribution in [0.1, 0.15) is 76.0 Å². The van der Waals surface area contributed by atoms with E-state index >= 15 is 0 Å². The lowest BCUT2D eigenvalue weighted by Crippen LogP contribution is -1.89. The van der Waals surface area contributed by atoms with Crippen LogP contribution < -0.4 is 0 Å². The molecule has 0 spiro atoms. The highest BCUT2D eigenvalue weighted by molar-refractivity contribution is 5.25.